The Bertz CT molecular complexity index is 1000. The lowest BCUT2D eigenvalue weighted by atomic mass is 10.0. The molecule has 27 heavy (non-hydrogen) atoms. The molecule has 1 unspecified atom stereocenters. The van der Waals surface area contributed by atoms with Crippen LogP contribution >= 0.6 is 23.2 Å². The topological polar surface area (TPSA) is 48.7 Å². The first-order chi connectivity index (χ1) is 13.0. The molecule has 0 aliphatic rings. The first-order valence-electron chi connectivity index (χ1n) is 7.96. The molecule has 136 valence electrons. The summed E-state index contributed by atoms with van der Waals surface area (Å²) in [7, 11) is 0. The lowest BCUT2D eigenvalue weighted by Crippen LogP contribution is -2.24. The summed E-state index contributed by atoms with van der Waals surface area (Å²) in [4.78, 5) is 4.26. The van der Waals surface area contributed by atoms with E-state index in [4.69, 9.17) is 28.5 Å². The quantitative estimate of drug-likeness (QED) is 0.618. The highest BCUT2D eigenvalue weighted by atomic mass is 35.5. The highest BCUT2D eigenvalue weighted by Crippen LogP contribution is 2.26. The molecule has 0 amide bonds. The number of aromatic nitrogens is 1. The fourth-order valence-corrected chi connectivity index (χ4v) is 2.92. The van der Waals surface area contributed by atoms with Crippen LogP contribution in [0.15, 0.2) is 54.7 Å². The van der Waals surface area contributed by atoms with Gasteiger partial charge in [-0.3, -0.25) is 4.98 Å². The van der Waals surface area contributed by atoms with Gasteiger partial charge in [0.2, 0.25) is 0 Å². The molecule has 3 nitrogen and oxygen atoms in total. The minimum atomic E-state index is -0.601. The third kappa shape index (κ3) is 4.61. The van der Waals surface area contributed by atoms with Gasteiger partial charge < -0.3 is 5.32 Å². The van der Waals surface area contributed by atoms with Crippen molar-refractivity contribution in [1.29, 1.82) is 5.26 Å². The normalized spacial score (nSPS) is 11.8. The van der Waals surface area contributed by atoms with E-state index in [1.807, 2.05) is 0 Å². The van der Waals surface area contributed by atoms with E-state index in [2.05, 4.69) is 10.3 Å². The Morgan fingerprint density at radius 1 is 1.00 bits per heavy atom. The van der Waals surface area contributed by atoms with Crippen molar-refractivity contribution >= 4 is 23.2 Å². The monoisotopic (exact) mass is 403 g/mol. The molecule has 3 rings (SSSR count). The van der Waals surface area contributed by atoms with Crippen LogP contribution in [0.5, 0.6) is 0 Å². The van der Waals surface area contributed by atoms with E-state index >= 15 is 0 Å². The zero-order chi connectivity index (χ0) is 19.4. The Labute approximate surface area is 165 Å². The van der Waals surface area contributed by atoms with Gasteiger partial charge in [-0.25, -0.2) is 8.78 Å². The maximum Gasteiger partial charge on any atom is 0.141 e. The lowest BCUT2D eigenvalue weighted by Gasteiger charge is -2.20. The molecule has 1 atom stereocenters. The lowest BCUT2D eigenvalue weighted by molar-refractivity contribution is 0.538. The minimum absolute atomic E-state index is 0.0292. The number of hydrogen-bond donors (Lipinski definition) is 1. The zero-order valence-electron chi connectivity index (χ0n) is 13.9. The predicted molar refractivity (Wildman–Crippen MR) is 100 cm³/mol. The maximum absolute atomic E-state index is 14.5. The van der Waals surface area contributed by atoms with Gasteiger partial charge in [0.15, 0.2) is 0 Å². The largest absolute Gasteiger partial charge is 0.301 e. The van der Waals surface area contributed by atoms with Crippen molar-refractivity contribution in [2.24, 2.45) is 0 Å². The highest BCUT2D eigenvalue weighted by Gasteiger charge is 2.19. The number of hydrogen-bond acceptors (Lipinski definition) is 3. The molecular formula is C20H13Cl2F2N3. The Morgan fingerprint density at radius 2 is 1.78 bits per heavy atom. The van der Waals surface area contributed by atoms with Crippen LogP contribution in [0, 0.1) is 23.0 Å². The van der Waals surface area contributed by atoms with Gasteiger partial charge in [0.05, 0.1) is 22.3 Å². The SMILES string of the molecule is N#Cc1ccc(CNC(c2ccc(Cl)cn2)c2ccc(Cl)cc2F)cc1F. The fraction of sp³-hybridized carbons (Fsp3) is 0.100. The number of rotatable bonds is 5. The summed E-state index contributed by atoms with van der Waals surface area (Å²) in [6, 6.07) is 13.2. The second-order valence-corrected chi connectivity index (χ2v) is 6.68. The van der Waals surface area contributed by atoms with Crippen molar-refractivity contribution in [2.75, 3.05) is 0 Å². The summed E-state index contributed by atoms with van der Waals surface area (Å²) < 4.78 is 28.3. The smallest absolute Gasteiger partial charge is 0.141 e. The third-order valence-corrected chi connectivity index (χ3v) is 4.44. The van der Waals surface area contributed by atoms with Crippen molar-refractivity contribution in [1.82, 2.24) is 10.3 Å². The average Bonchev–Trinajstić information content (AvgIpc) is 2.64. The molecule has 0 aliphatic carbocycles. The number of halogens is 4. The Hall–Kier alpha value is -2.52. The molecule has 2 aromatic carbocycles. The van der Waals surface area contributed by atoms with Crippen molar-refractivity contribution in [3.8, 4) is 6.07 Å². The first kappa shape index (κ1) is 19.2. The molecule has 0 saturated carbocycles. The van der Waals surface area contributed by atoms with Crippen LogP contribution in [0.1, 0.15) is 28.4 Å². The van der Waals surface area contributed by atoms with Crippen LogP contribution in [-0.2, 0) is 6.54 Å². The maximum atomic E-state index is 14.5. The summed E-state index contributed by atoms with van der Waals surface area (Å²) in [6.07, 6.45) is 1.47. The average molecular weight is 404 g/mol. The zero-order valence-corrected chi connectivity index (χ0v) is 15.4. The molecule has 0 fully saturated rings. The van der Waals surface area contributed by atoms with E-state index in [1.54, 1.807) is 36.4 Å². The number of nitriles is 1. The standard InChI is InChI=1S/C20H13Cl2F2N3/c21-14-3-5-16(18(24)8-14)20(19-6-4-15(22)11-26-19)27-10-12-1-2-13(9-25)17(23)7-12/h1-8,11,20,27H,10H2. The Balaban J connectivity index is 1.91. The molecule has 1 heterocycles. The van der Waals surface area contributed by atoms with Crippen LogP contribution in [0.4, 0.5) is 8.78 Å². The van der Waals surface area contributed by atoms with E-state index in [9.17, 15) is 8.78 Å². The molecule has 1 N–H and O–H groups in total. The highest BCUT2D eigenvalue weighted by molar-refractivity contribution is 6.30. The van der Waals surface area contributed by atoms with Gasteiger partial charge in [-0.1, -0.05) is 35.3 Å². The number of nitrogens with zero attached hydrogens (tertiary/aromatic N) is 2. The van der Waals surface area contributed by atoms with Gasteiger partial charge in [0.25, 0.3) is 0 Å². The van der Waals surface area contributed by atoms with Crippen LogP contribution in [0.25, 0.3) is 0 Å². The van der Waals surface area contributed by atoms with Crippen molar-refractivity contribution in [3.05, 3.63) is 98.8 Å². The number of pyridine rings is 1. The van der Waals surface area contributed by atoms with Gasteiger partial charge in [-0.15, -0.1) is 0 Å². The number of benzene rings is 2. The summed E-state index contributed by atoms with van der Waals surface area (Å²) in [6.45, 7) is 0.236. The van der Waals surface area contributed by atoms with Gasteiger partial charge in [-0.05, 0) is 42.0 Å². The summed E-state index contributed by atoms with van der Waals surface area (Å²) in [5, 5.41) is 12.7. The van der Waals surface area contributed by atoms with Gasteiger partial charge in [0.1, 0.15) is 17.7 Å². The molecule has 1 aromatic heterocycles. The van der Waals surface area contributed by atoms with Crippen LogP contribution < -0.4 is 5.32 Å². The van der Waals surface area contributed by atoms with Gasteiger partial charge in [0, 0.05) is 23.3 Å². The van der Waals surface area contributed by atoms with E-state index in [0.717, 1.165) is 0 Å². The minimum Gasteiger partial charge on any atom is -0.301 e. The molecule has 0 saturated heterocycles. The molecule has 0 radical (unpaired) electrons. The Morgan fingerprint density at radius 3 is 2.41 bits per heavy atom. The van der Waals surface area contributed by atoms with Crippen molar-refractivity contribution < 1.29 is 8.78 Å². The Kier molecular flexibility index (Phi) is 6.02. The van der Waals surface area contributed by atoms with Crippen molar-refractivity contribution in [3.63, 3.8) is 0 Å². The van der Waals surface area contributed by atoms with Gasteiger partial charge >= 0.3 is 0 Å². The molecular weight excluding hydrogens is 391 g/mol. The predicted octanol–water partition coefficient (Wildman–Crippen LogP) is 5.42. The van der Waals surface area contributed by atoms with E-state index in [1.165, 1.54) is 24.4 Å². The fourth-order valence-electron chi connectivity index (χ4n) is 2.65. The molecule has 0 bridgehead atoms. The van der Waals surface area contributed by atoms with E-state index < -0.39 is 17.7 Å². The summed E-state index contributed by atoms with van der Waals surface area (Å²) in [5.74, 6) is -1.08. The molecule has 0 spiro atoms. The third-order valence-electron chi connectivity index (χ3n) is 3.98. The van der Waals surface area contributed by atoms with E-state index in [0.29, 0.717) is 21.8 Å². The molecule has 7 heteroatoms. The summed E-state index contributed by atoms with van der Waals surface area (Å²) in [5.41, 5.74) is 1.48. The van der Waals surface area contributed by atoms with Crippen molar-refractivity contribution in [2.45, 2.75) is 12.6 Å². The van der Waals surface area contributed by atoms with Crippen LogP contribution in [0.2, 0.25) is 10.0 Å². The number of nitrogens with one attached hydrogen (secondary N) is 1. The van der Waals surface area contributed by atoms with Gasteiger partial charge in [-0.2, -0.15) is 5.26 Å². The summed E-state index contributed by atoms with van der Waals surface area (Å²) >= 11 is 11.7. The first-order valence-corrected chi connectivity index (χ1v) is 8.72. The molecule has 0 aliphatic heterocycles. The second kappa shape index (κ2) is 8.45. The van der Waals surface area contributed by atoms with Crippen LogP contribution in [-0.4, -0.2) is 4.98 Å². The second-order valence-electron chi connectivity index (χ2n) is 5.81. The van der Waals surface area contributed by atoms with E-state index in [-0.39, 0.29) is 17.1 Å². The molecule has 3 aromatic rings. The van der Waals surface area contributed by atoms with Crippen LogP contribution in [0.3, 0.4) is 0 Å².